The van der Waals surface area contributed by atoms with E-state index in [0.29, 0.717) is 16.9 Å². The first kappa shape index (κ1) is 11.9. The summed E-state index contributed by atoms with van der Waals surface area (Å²) in [4.78, 5) is 3.93. The van der Waals surface area contributed by atoms with Gasteiger partial charge in [-0.15, -0.1) is 0 Å². The number of nitrogens with zero attached hydrogens (tertiary/aromatic N) is 1. The molecule has 1 aliphatic rings. The van der Waals surface area contributed by atoms with Gasteiger partial charge in [0.1, 0.15) is 12.4 Å². The lowest BCUT2D eigenvalue weighted by Crippen LogP contribution is -2.21. The topological polar surface area (TPSA) is 43.4 Å². The number of anilines is 1. The molecule has 0 unspecified atom stereocenters. The first-order valence-corrected chi connectivity index (χ1v) is 5.52. The van der Waals surface area contributed by atoms with Gasteiger partial charge in [-0.3, -0.25) is 0 Å². The van der Waals surface area contributed by atoms with Gasteiger partial charge in [0, 0.05) is 11.6 Å². The van der Waals surface area contributed by atoms with Crippen LogP contribution >= 0.6 is 0 Å². The molecule has 0 spiro atoms. The van der Waals surface area contributed by atoms with Crippen LogP contribution in [-0.2, 0) is 0 Å². The van der Waals surface area contributed by atoms with Gasteiger partial charge in [0.25, 0.3) is 0 Å². The van der Waals surface area contributed by atoms with Crippen LogP contribution in [0.1, 0.15) is 0 Å². The zero-order valence-corrected chi connectivity index (χ0v) is 9.62. The molecule has 7 heteroatoms. The maximum Gasteiger partial charge on any atom is 0.405 e. The van der Waals surface area contributed by atoms with Crippen molar-refractivity contribution < 1.29 is 22.6 Å². The zero-order chi connectivity index (χ0) is 13.5. The lowest BCUT2D eigenvalue weighted by Gasteiger charge is -2.11. The van der Waals surface area contributed by atoms with E-state index in [1.165, 1.54) is 6.20 Å². The predicted molar refractivity (Wildman–Crippen MR) is 62.4 cm³/mol. The Morgan fingerprint density at radius 2 is 1.95 bits per heavy atom. The second-order valence-electron chi connectivity index (χ2n) is 4.05. The SMILES string of the molecule is FC(F)(F)CNc1nccc2cc3c(cc12)OCO3. The number of aromatic nitrogens is 1. The minimum Gasteiger partial charge on any atom is -0.454 e. The number of fused-ring (bicyclic) bond motifs is 2. The second kappa shape index (κ2) is 4.18. The molecular weight excluding hydrogens is 261 g/mol. The highest BCUT2D eigenvalue weighted by Gasteiger charge is 2.27. The quantitative estimate of drug-likeness (QED) is 0.911. The minimum absolute atomic E-state index is 0.115. The monoisotopic (exact) mass is 270 g/mol. The number of hydrogen-bond donors (Lipinski definition) is 1. The highest BCUT2D eigenvalue weighted by atomic mass is 19.4. The van der Waals surface area contributed by atoms with Gasteiger partial charge in [-0.1, -0.05) is 0 Å². The third kappa shape index (κ3) is 2.35. The molecule has 1 aliphatic heterocycles. The molecular formula is C12H9F3N2O2. The largest absolute Gasteiger partial charge is 0.454 e. The van der Waals surface area contributed by atoms with E-state index in [0.717, 1.165) is 5.39 Å². The summed E-state index contributed by atoms with van der Waals surface area (Å²) in [6, 6.07) is 5.05. The molecule has 1 aromatic carbocycles. The highest BCUT2D eigenvalue weighted by molar-refractivity contribution is 5.94. The fourth-order valence-corrected chi connectivity index (χ4v) is 1.89. The Bertz CT molecular complexity index is 628. The van der Waals surface area contributed by atoms with Gasteiger partial charge >= 0.3 is 6.18 Å². The first-order chi connectivity index (χ1) is 9.03. The normalized spacial score (nSPS) is 13.8. The van der Waals surface area contributed by atoms with Crippen molar-refractivity contribution in [2.75, 3.05) is 18.7 Å². The third-order valence-electron chi connectivity index (χ3n) is 2.71. The number of alkyl halides is 3. The Morgan fingerprint density at radius 1 is 1.21 bits per heavy atom. The molecule has 100 valence electrons. The Labute approximate surface area is 106 Å². The predicted octanol–water partition coefficient (Wildman–Crippen LogP) is 2.94. The fourth-order valence-electron chi connectivity index (χ4n) is 1.89. The number of ether oxygens (including phenoxy) is 2. The Morgan fingerprint density at radius 3 is 2.68 bits per heavy atom. The van der Waals surface area contributed by atoms with Crippen LogP contribution in [0.15, 0.2) is 24.4 Å². The molecule has 19 heavy (non-hydrogen) atoms. The second-order valence-corrected chi connectivity index (χ2v) is 4.05. The average molecular weight is 270 g/mol. The molecule has 0 saturated heterocycles. The summed E-state index contributed by atoms with van der Waals surface area (Å²) in [5, 5.41) is 3.59. The van der Waals surface area contributed by atoms with E-state index < -0.39 is 12.7 Å². The van der Waals surface area contributed by atoms with Crippen molar-refractivity contribution in [3.63, 3.8) is 0 Å². The van der Waals surface area contributed by atoms with E-state index in [9.17, 15) is 13.2 Å². The van der Waals surface area contributed by atoms with Crippen molar-refractivity contribution in [1.82, 2.24) is 4.98 Å². The molecule has 0 fully saturated rings. The summed E-state index contributed by atoms with van der Waals surface area (Å²) in [6.07, 6.45) is -2.84. The molecule has 0 radical (unpaired) electrons. The molecule has 4 nitrogen and oxygen atoms in total. The molecule has 0 bridgehead atoms. The van der Waals surface area contributed by atoms with Gasteiger partial charge in [-0.05, 0) is 23.6 Å². The number of hydrogen-bond acceptors (Lipinski definition) is 4. The Hall–Kier alpha value is -2.18. The molecule has 1 N–H and O–H groups in total. The van der Waals surface area contributed by atoms with Gasteiger partial charge in [0.05, 0.1) is 0 Å². The van der Waals surface area contributed by atoms with E-state index >= 15 is 0 Å². The Kier molecular flexibility index (Phi) is 2.62. The van der Waals surface area contributed by atoms with E-state index in [2.05, 4.69) is 10.3 Å². The lowest BCUT2D eigenvalue weighted by molar-refractivity contribution is -0.115. The average Bonchev–Trinajstić information content (AvgIpc) is 2.79. The third-order valence-corrected chi connectivity index (χ3v) is 2.71. The summed E-state index contributed by atoms with van der Waals surface area (Å²) in [6.45, 7) is -1.02. The molecule has 0 saturated carbocycles. The maximum absolute atomic E-state index is 12.2. The number of benzene rings is 1. The van der Waals surface area contributed by atoms with Crippen molar-refractivity contribution in [3.8, 4) is 11.5 Å². The number of rotatable bonds is 2. The summed E-state index contributed by atoms with van der Waals surface area (Å²) in [5.41, 5.74) is 0. The number of halogens is 3. The van der Waals surface area contributed by atoms with Gasteiger partial charge in [0.2, 0.25) is 6.79 Å². The van der Waals surface area contributed by atoms with Gasteiger partial charge in [-0.2, -0.15) is 13.2 Å². The van der Waals surface area contributed by atoms with Crippen molar-refractivity contribution in [1.29, 1.82) is 0 Å². The summed E-state index contributed by atoms with van der Waals surface area (Å²) in [5.74, 6) is 1.27. The van der Waals surface area contributed by atoms with Crippen LogP contribution in [0.3, 0.4) is 0 Å². The highest BCUT2D eigenvalue weighted by Crippen LogP contribution is 2.37. The standard InChI is InChI=1S/C12H9F3N2O2/c13-12(14,15)5-17-11-8-4-10-9(18-6-19-10)3-7(8)1-2-16-11/h1-4H,5-6H2,(H,16,17). The summed E-state index contributed by atoms with van der Waals surface area (Å²) < 4.78 is 47.1. The van der Waals surface area contributed by atoms with Crippen LogP contribution in [-0.4, -0.2) is 24.5 Å². The van der Waals surface area contributed by atoms with Gasteiger partial charge in [0.15, 0.2) is 11.5 Å². The van der Waals surface area contributed by atoms with E-state index in [4.69, 9.17) is 9.47 Å². The number of nitrogens with one attached hydrogen (secondary N) is 1. The fraction of sp³-hybridized carbons (Fsp3) is 0.250. The van der Waals surface area contributed by atoms with Crippen LogP contribution in [0.2, 0.25) is 0 Å². The maximum atomic E-state index is 12.2. The van der Waals surface area contributed by atoms with Crippen molar-refractivity contribution in [3.05, 3.63) is 24.4 Å². The molecule has 0 aliphatic carbocycles. The van der Waals surface area contributed by atoms with Crippen LogP contribution < -0.4 is 14.8 Å². The van der Waals surface area contributed by atoms with Crippen molar-refractivity contribution in [2.45, 2.75) is 6.18 Å². The van der Waals surface area contributed by atoms with Gasteiger partial charge < -0.3 is 14.8 Å². The summed E-state index contributed by atoms with van der Waals surface area (Å²) in [7, 11) is 0. The first-order valence-electron chi connectivity index (χ1n) is 5.52. The molecule has 3 rings (SSSR count). The van der Waals surface area contributed by atoms with Crippen molar-refractivity contribution >= 4 is 16.6 Å². The van der Waals surface area contributed by atoms with E-state index in [-0.39, 0.29) is 12.6 Å². The van der Waals surface area contributed by atoms with Crippen LogP contribution in [0.4, 0.5) is 19.0 Å². The molecule has 0 atom stereocenters. The van der Waals surface area contributed by atoms with E-state index in [1.54, 1.807) is 18.2 Å². The lowest BCUT2D eigenvalue weighted by atomic mass is 10.1. The van der Waals surface area contributed by atoms with Crippen molar-refractivity contribution in [2.24, 2.45) is 0 Å². The summed E-state index contributed by atoms with van der Waals surface area (Å²) >= 11 is 0. The molecule has 2 heterocycles. The van der Waals surface area contributed by atoms with E-state index in [1.807, 2.05) is 0 Å². The number of pyridine rings is 1. The zero-order valence-electron chi connectivity index (χ0n) is 9.62. The smallest absolute Gasteiger partial charge is 0.405 e. The van der Waals surface area contributed by atoms with Crippen LogP contribution in [0.25, 0.3) is 10.8 Å². The van der Waals surface area contributed by atoms with Gasteiger partial charge in [-0.25, -0.2) is 4.98 Å². The molecule has 1 aromatic heterocycles. The molecule has 2 aromatic rings. The Balaban J connectivity index is 2.00. The minimum atomic E-state index is -4.29. The van der Waals surface area contributed by atoms with Crippen LogP contribution in [0.5, 0.6) is 11.5 Å². The molecule has 0 amide bonds. The van der Waals surface area contributed by atoms with Crippen LogP contribution in [0, 0.1) is 0 Å².